The van der Waals surface area contributed by atoms with Crippen molar-refractivity contribution in [1.29, 1.82) is 0 Å². The number of nitrogens with zero attached hydrogens (tertiary/aromatic N) is 3. The fourth-order valence-corrected chi connectivity index (χ4v) is 2.21. The number of anilines is 2. The smallest absolute Gasteiger partial charge is 0.415 e. The minimum Gasteiger partial charge on any atom is -0.465 e. The Hall–Kier alpha value is -2.71. The highest BCUT2D eigenvalue weighted by Gasteiger charge is 2.34. The number of ether oxygens (including phenoxy) is 2. The topological polar surface area (TPSA) is 111 Å². The molecule has 0 aliphatic carbocycles. The summed E-state index contributed by atoms with van der Waals surface area (Å²) >= 11 is 0. The van der Waals surface area contributed by atoms with Crippen molar-refractivity contribution in [3.05, 3.63) is 6.20 Å². The van der Waals surface area contributed by atoms with Gasteiger partial charge in [-0.15, -0.1) is 0 Å². The van der Waals surface area contributed by atoms with Crippen LogP contribution in [0.2, 0.25) is 0 Å². The van der Waals surface area contributed by atoms with Gasteiger partial charge in [0.2, 0.25) is 0 Å². The van der Waals surface area contributed by atoms with Crippen molar-refractivity contribution in [1.82, 2.24) is 9.97 Å². The highest BCUT2D eigenvalue weighted by atomic mass is 16.6. The van der Waals surface area contributed by atoms with E-state index in [9.17, 15) is 14.4 Å². The maximum absolute atomic E-state index is 11.9. The monoisotopic (exact) mass is 306 g/mol. The number of nitrogens with one attached hydrogen (secondary N) is 1. The van der Waals surface area contributed by atoms with Crippen LogP contribution in [0, 0.1) is 0 Å². The van der Waals surface area contributed by atoms with Crippen LogP contribution in [-0.4, -0.2) is 47.0 Å². The molecule has 9 nitrogen and oxygen atoms in total. The van der Waals surface area contributed by atoms with Crippen molar-refractivity contribution < 1.29 is 23.9 Å². The molecule has 0 aromatic carbocycles. The van der Waals surface area contributed by atoms with E-state index in [2.05, 4.69) is 15.3 Å². The molecule has 3 heterocycles. The van der Waals surface area contributed by atoms with Crippen LogP contribution in [0.5, 0.6) is 5.88 Å². The summed E-state index contributed by atoms with van der Waals surface area (Å²) in [4.78, 5) is 43.7. The molecule has 1 N–H and O–H groups in total. The van der Waals surface area contributed by atoms with Crippen molar-refractivity contribution in [2.45, 2.75) is 25.9 Å². The van der Waals surface area contributed by atoms with Gasteiger partial charge in [-0.3, -0.25) is 9.69 Å². The molecule has 3 rings (SSSR count). The van der Waals surface area contributed by atoms with Crippen molar-refractivity contribution in [2.24, 2.45) is 0 Å². The van der Waals surface area contributed by atoms with Crippen molar-refractivity contribution in [3.63, 3.8) is 0 Å². The largest absolute Gasteiger partial charge is 0.465 e. The molecular formula is C13H14N4O5. The first-order valence-corrected chi connectivity index (χ1v) is 6.80. The van der Waals surface area contributed by atoms with E-state index >= 15 is 0 Å². The predicted octanol–water partition coefficient (Wildman–Crippen LogP) is 0.502. The number of hydrogen-bond donors (Lipinski definition) is 1. The zero-order chi connectivity index (χ0) is 15.7. The number of carbonyl (C=O) groups excluding carboxylic acids is 3. The zero-order valence-corrected chi connectivity index (χ0v) is 11.9. The van der Waals surface area contributed by atoms with E-state index in [1.807, 2.05) is 0 Å². The third kappa shape index (κ3) is 2.83. The van der Waals surface area contributed by atoms with E-state index in [1.165, 1.54) is 18.0 Å². The fraction of sp³-hybridized carbons (Fsp3) is 0.462. The van der Waals surface area contributed by atoms with Gasteiger partial charge in [0.25, 0.3) is 11.8 Å². The quantitative estimate of drug-likeness (QED) is 0.862. The third-order valence-electron chi connectivity index (χ3n) is 3.29. The van der Waals surface area contributed by atoms with Crippen LogP contribution >= 0.6 is 0 Å². The summed E-state index contributed by atoms with van der Waals surface area (Å²) in [6, 6.07) is 0. The Morgan fingerprint density at radius 3 is 3.09 bits per heavy atom. The molecule has 1 saturated heterocycles. The van der Waals surface area contributed by atoms with Gasteiger partial charge in [-0.1, -0.05) is 0 Å². The highest BCUT2D eigenvalue weighted by Crippen LogP contribution is 2.28. The average Bonchev–Trinajstić information content (AvgIpc) is 2.85. The standard InChI is InChI=1S/C13H14N4O5/c1-7(18)2-3-8-5-17(13(20)22-8)9-4-14-12-11(15-9)16-10(19)6-21-12/h4,8H,2-3,5-6H2,1H3,(H,15,16,19). The number of rotatable bonds is 4. The lowest BCUT2D eigenvalue weighted by Gasteiger charge is -2.18. The normalized spacial score (nSPS) is 20.0. The average molecular weight is 306 g/mol. The molecule has 9 heteroatoms. The Balaban J connectivity index is 1.74. The van der Waals surface area contributed by atoms with E-state index < -0.39 is 6.09 Å². The van der Waals surface area contributed by atoms with Gasteiger partial charge < -0.3 is 19.6 Å². The van der Waals surface area contributed by atoms with Crippen molar-refractivity contribution in [2.75, 3.05) is 23.4 Å². The zero-order valence-electron chi connectivity index (χ0n) is 11.9. The summed E-state index contributed by atoms with van der Waals surface area (Å²) in [6.45, 7) is 1.67. The Bertz CT molecular complexity index is 647. The molecule has 2 aliphatic heterocycles. The van der Waals surface area contributed by atoms with Crippen LogP contribution in [0.4, 0.5) is 16.4 Å². The number of Topliss-reactive ketones (excluding diaryl/α,β-unsaturated/α-hetero) is 1. The van der Waals surface area contributed by atoms with Gasteiger partial charge in [0.1, 0.15) is 11.9 Å². The van der Waals surface area contributed by atoms with Crippen LogP contribution in [-0.2, 0) is 14.3 Å². The first-order valence-electron chi connectivity index (χ1n) is 6.80. The van der Waals surface area contributed by atoms with Crippen molar-refractivity contribution in [3.8, 4) is 5.88 Å². The Kier molecular flexibility index (Phi) is 3.61. The second-order valence-electron chi connectivity index (χ2n) is 5.08. The molecule has 1 atom stereocenters. The molecule has 22 heavy (non-hydrogen) atoms. The molecule has 0 bridgehead atoms. The molecule has 1 fully saturated rings. The lowest BCUT2D eigenvalue weighted by Crippen LogP contribution is -2.29. The molecule has 2 amide bonds. The molecule has 0 saturated carbocycles. The van der Waals surface area contributed by atoms with Gasteiger partial charge in [-0.25, -0.2) is 14.8 Å². The van der Waals surface area contributed by atoms with Gasteiger partial charge in [-0.2, -0.15) is 0 Å². The molecular weight excluding hydrogens is 292 g/mol. The summed E-state index contributed by atoms with van der Waals surface area (Å²) in [5.41, 5.74) is 0. The Morgan fingerprint density at radius 2 is 2.32 bits per heavy atom. The highest BCUT2D eigenvalue weighted by molar-refractivity contribution is 5.94. The summed E-state index contributed by atoms with van der Waals surface area (Å²) < 4.78 is 10.3. The predicted molar refractivity (Wildman–Crippen MR) is 73.7 cm³/mol. The second kappa shape index (κ2) is 5.58. The van der Waals surface area contributed by atoms with Crippen LogP contribution in [0.3, 0.4) is 0 Å². The maximum Gasteiger partial charge on any atom is 0.415 e. The van der Waals surface area contributed by atoms with Gasteiger partial charge in [0, 0.05) is 6.42 Å². The van der Waals surface area contributed by atoms with Gasteiger partial charge in [0.15, 0.2) is 18.2 Å². The van der Waals surface area contributed by atoms with Gasteiger partial charge >= 0.3 is 6.09 Å². The number of cyclic esters (lactones) is 1. The molecule has 0 radical (unpaired) electrons. The lowest BCUT2D eigenvalue weighted by atomic mass is 10.1. The SMILES string of the molecule is CC(=O)CCC1CN(c2cnc3c(n2)NC(=O)CO3)C(=O)O1. The number of ketones is 1. The van der Waals surface area contributed by atoms with E-state index in [4.69, 9.17) is 9.47 Å². The molecule has 2 aliphatic rings. The number of carbonyl (C=O) groups is 3. The van der Waals surface area contributed by atoms with Gasteiger partial charge in [-0.05, 0) is 13.3 Å². The van der Waals surface area contributed by atoms with E-state index in [-0.39, 0.29) is 48.5 Å². The fourth-order valence-electron chi connectivity index (χ4n) is 2.21. The van der Waals surface area contributed by atoms with Crippen LogP contribution in [0.15, 0.2) is 6.20 Å². The van der Waals surface area contributed by atoms with E-state index in [0.29, 0.717) is 12.8 Å². The minimum atomic E-state index is -0.550. The number of hydrogen-bond acceptors (Lipinski definition) is 7. The van der Waals surface area contributed by atoms with Crippen molar-refractivity contribution >= 4 is 29.4 Å². The third-order valence-corrected chi connectivity index (χ3v) is 3.29. The molecule has 1 aromatic rings. The van der Waals surface area contributed by atoms with E-state index in [0.717, 1.165) is 0 Å². The summed E-state index contributed by atoms with van der Waals surface area (Å²) in [7, 11) is 0. The first kappa shape index (κ1) is 14.2. The van der Waals surface area contributed by atoms with Crippen LogP contribution in [0.1, 0.15) is 19.8 Å². The first-order chi connectivity index (χ1) is 10.5. The Morgan fingerprint density at radius 1 is 1.50 bits per heavy atom. The molecule has 1 unspecified atom stereocenters. The molecule has 1 aromatic heterocycles. The van der Waals surface area contributed by atoms with Gasteiger partial charge in [0.05, 0.1) is 12.7 Å². The Labute approximate surface area is 125 Å². The number of aromatic nitrogens is 2. The number of fused-ring (bicyclic) bond motifs is 1. The van der Waals surface area contributed by atoms with E-state index in [1.54, 1.807) is 0 Å². The van der Waals surface area contributed by atoms with Crippen LogP contribution in [0.25, 0.3) is 0 Å². The molecule has 0 spiro atoms. The lowest BCUT2D eigenvalue weighted by molar-refractivity contribution is -0.119. The maximum atomic E-state index is 11.9. The summed E-state index contributed by atoms with van der Waals surface area (Å²) in [5.74, 6) is 0.364. The summed E-state index contributed by atoms with van der Waals surface area (Å²) in [5, 5.41) is 2.53. The number of amides is 2. The van der Waals surface area contributed by atoms with Crippen LogP contribution < -0.4 is 15.0 Å². The summed E-state index contributed by atoms with van der Waals surface area (Å²) in [6.07, 6.45) is 1.29. The minimum absolute atomic E-state index is 0.0444. The molecule has 116 valence electrons. The second-order valence-corrected chi connectivity index (χ2v) is 5.08.